The van der Waals surface area contributed by atoms with Crippen molar-refractivity contribution in [3.05, 3.63) is 46.6 Å². The Balaban J connectivity index is 1.93. The molecule has 6 nitrogen and oxygen atoms in total. The minimum absolute atomic E-state index is 0.240. The predicted octanol–water partition coefficient (Wildman–Crippen LogP) is 3.14. The number of aromatic nitrogens is 2. The van der Waals surface area contributed by atoms with E-state index in [2.05, 4.69) is 20.8 Å². The average molecular weight is 335 g/mol. The van der Waals surface area contributed by atoms with Gasteiger partial charge in [0.15, 0.2) is 5.69 Å². The zero-order valence-electron chi connectivity index (χ0n) is 13.1. The highest BCUT2D eigenvalue weighted by Gasteiger charge is 2.09. The molecule has 0 saturated heterocycles. The summed E-state index contributed by atoms with van der Waals surface area (Å²) in [6.45, 7) is 3.31. The zero-order chi connectivity index (χ0) is 16.7. The van der Waals surface area contributed by atoms with Crippen molar-refractivity contribution in [2.45, 2.75) is 13.3 Å². The maximum absolute atomic E-state index is 12.1. The van der Waals surface area contributed by atoms with E-state index >= 15 is 0 Å². The fourth-order valence-corrected chi connectivity index (χ4v) is 2.03. The van der Waals surface area contributed by atoms with Crippen LogP contribution >= 0.6 is 11.6 Å². The van der Waals surface area contributed by atoms with E-state index in [-0.39, 0.29) is 11.6 Å². The Morgan fingerprint density at radius 3 is 2.74 bits per heavy atom. The van der Waals surface area contributed by atoms with Crippen molar-refractivity contribution in [3.63, 3.8) is 0 Å². The molecule has 23 heavy (non-hydrogen) atoms. The van der Waals surface area contributed by atoms with Crippen LogP contribution in [0.25, 0.3) is 0 Å². The number of carbonyl (C=O) groups is 1. The lowest BCUT2D eigenvalue weighted by molar-refractivity contribution is 0.102. The molecule has 0 unspecified atom stereocenters. The molecule has 2 N–H and O–H groups in total. The number of nitrogens with zero attached hydrogens (tertiary/aromatic N) is 2. The van der Waals surface area contributed by atoms with Crippen LogP contribution in [0.5, 0.6) is 0 Å². The SMILES string of the molecule is COCCCNc1ccc(C(=O)Nc2ccc(C)c(Cl)c2)nn1. The highest BCUT2D eigenvalue weighted by molar-refractivity contribution is 6.31. The third-order valence-electron chi connectivity index (χ3n) is 3.16. The fraction of sp³-hybridized carbons (Fsp3) is 0.312. The molecule has 1 aromatic carbocycles. The number of anilines is 2. The summed E-state index contributed by atoms with van der Waals surface area (Å²) >= 11 is 6.04. The number of methoxy groups -OCH3 is 1. The highest BCUT2D eigenvalue weighted by atomic mass is 35.5. The van der Waals surface area contributed by atoms with Gasteiger partial charge in [-0.2, -0.15) is 0 Å². The fourth-order valence-electron chi connectivity index (χ4n) is 1.85. The quantitative estimate of drug-likeness (QED) is 0.761. The number of halogens is 1. The second-order valence-corrected chi connectivity index (χ2v) is 5.40. The minimum Gasteiger partial charge on any atom is -0.385 e. The Kier molecular flexibility index (Phi) is 6.31. The molecule has 0 spiro atoms. The van der Waals surface area contributed by atoms with Gasteiger partial charge in [0.25, 0.3) is 5.91 Å². The van der Waals surface area contributed by atoms with Crippen molar-refractivity contribution in [1.82, 2.24) is 10.2 Å². The van der Waals surface area contributed by atoms with Crippen molar-refractivity contribution in [2.24, 2.45) is 0 Å². The van der Waals surface area contributed by atoms with Gasteiger partial charge in [-0.25, -0.2) is 0 Å². The molecule has 1 aromatic heterocycles. The summed E-state index contributed by atoms with van der Waals surface area (Å²) in [6.07, 6.45) is 0.870. The van der Waals surface area contributed by atoms with Crippen LogP contribution < -0.4 is 10.6 Å². The Bertz CT molecular complexity index is 662. The van der Waals surface area contributed by atoms with Gasteiger partial charge in [0.2, 0.25) is 0 Å². The maximum atomic E-state index is 12.1. The van der Waals surface area contributed by atoms with Crippen LogP contribution in [0, 0.1) is 6.92 Å². The number of rotatable bonds is 7. The molecule has 2 aromatic rings. The number of nitrogens with one attached hydrogen (secondary N) is 2. The van der Waals surface area contributed by atoms with Gasteiger partial charge in [-0.3, -0.25) is 4.79 Å². The smallest absolute Gasteiger partial charge is 0.276 e. The average Bonchev–Trinajstić information content (AvgIpc) is 2.55. The first kappa shape index (κ1) is 17.2. The summed E-state index contributed by atoms with van der Waals surface area (Å²) in [5, 5.41) is 14.4. The number of aryl methyl sites for hydroxylation is 1. The summed E-state index contributed by atoms with van der Waals surface area (Å²) < 4.78 is 4.96. The summed E-state index contributed by atoms with van der Waals surface area (Å²) in [5.74, 6) is 0.291. The van der Waals surface area contributed by atoms with E-state index < -0.39 is 0 Å². The van der Waals surface area contributed by atoms with Gasteiger partial charge >= 0.3 is 0 Å². The predicted molar refractivity (Wildman–Crippen MR) is 91.2 cm³/mol. The van der Waals surface area contributed by atoms with Gasteiger partial charge in [0.05, 0.1) is 0 Å². The van der Waals surface area contributed by atoms with Crippen LogP contribution in [0.15, 0.2) is 30.3 Å². The second kappa shape index (κ2) is 8.45. The zero-order valence-corrected chi connectivity index (χ0v) is 13.9. The topological polar surface area (TPSA) is 76.1 Å². The van der Waals surface area contributed by atoms with E-state index in [0.29, 0.717) is 23.1 Å². The molecule has 0 fully saturated rings. The molecular formula is C16H19ClN4O2. The molecule has 0 aliphatic carbocycles. The van der Waals surface area contributed by atoms with E-state index in [0.717, 1.165) is 18.5 Å². The van der Waals surface area contributed by atoms with Gasteiger partial charge in [-0.15, -0.1) is 10.2 Å². The second-order valence-electron chi connectivity index (χ2n) is 5.00. The van der Waals surface area contributed by atoms with Crippen LogP contribution in [-0.2, 0) is 4.74 Å². The van der Waals surface area contributed by atoms with Crippen molar-refractivity contribution in [2.75, 3.05) is 30.9 Å². The summed E-state index contributed by atoms with van der Waals surface area (Å²) in [5.41, 5.74) is 1.81. The van der Waals surface area contributed by atoms with E-state index in [9.17, 15) is 4.79 Å². The third kappa shape index (κ3) is 5.19. The van der Waals surface area contributed by atoms with Crippen LogP contribution in [-0.4, -0.2) is 36.4 Å². The first-order chi connectivity index (χ1) is 11.1. The standard InChI is InChI=1S/C16H19ClN4O2/c1-11-4-5-12(10-13(11)17)19-16(22)14-6-7-15(21-20-14)18-8-3-9-23-2/h4-7,10H,3,8-9H2,1-2H3,(H,18,21)(H,19,22). The lowest BCUT2D eigenvalue weighted by Crippen LogP contribution is -2.15. The third-order valence-corrected chi connectivity index (χ3v) is 3.57. The lowest BCUT2D eigenvalue weighted by atomic mass is 10.2. The largest absolute Gasteiger partial charge is 0.385 e. The highest BCUT2D eigenvalue weighted by Crippen LogP contribution is 2.20. The first-order valence-electron chi connectivity index (χ1n) is 7.24. The minimum atomic E-state index is -0.330. The van der Waals surface area contributed by atoms with Gasteiger partial charge in [0, 0.05) is 31.0 Å². The molecule has 7 heteroatoms. The molecule has 0 atom stereocenters. The molecule has 122 valence electrons. The van der Waals surface area contributed by atoms with Crippen molar-refractivity contribution < 1.29 is 9.53 Å². The molecule has 1 amide bonds. The van der Waals surface area contributed by atoms with Gasteiger partial charge in [-0.1, -0.05) is 17.7 Å². The van der Waals surface area contributed by atoms with Gasteiger partial charge in [0.1, 0.15) is 5.82 Å². The summed E-state index contributed by atoms with van der Waals surface area (Å²) in [4.78, 5) is 12.1. The van der Waals surface area contributed by atoms with E-state index in [1.54, 1.807) is 31.4 Å². The maximum Gasteiger partial charge on any atom is 0.276 e. The number of hydrogen-bond donors (Lipinski definition) is 2. The van der Waals surface area contributed by atoms with Crippen LogP contribution in [0.4, 0.5) is 11.5 Å². The van der Waals surface area contributed by atoms with E-state index in [4.69, 9.17) is 16.3 Å². The van der Waals surface area contributed by atoms with E-state index in [1.165, 1.54) is 0 Å². The Labute approximate surface area is 140 Å². The van der Waals surface area contributed by atoms with Crippen molar-refractivity contribution >= 4 is 29.0 Å². The number of hydrogen-bond acceptors (Lipinski definition) is 5. The molecule has 0 aliphatic heterocycles. The van der Waals surface area contributed by atoms with E-state index in [1.807, 2.05) is 13.0 Å². The Morgan fingerprint density at radius 1 is 1.26 bits per heavy atom. The first-order valence-corrected chi connectivity index (χ1v) is 7.62. The number of amides is 1. The monoisotopic (exact) mass is 334 g/mol. The van der Waals surface area contributed by atoms with Gasteiger partial charge in [-0.05, 0) is 43.2 Å². The van der Waals surface area contributed by atoms with Crippen molar-refractivity contribution in [3.8, 4) is 0 Å². The molecular weight excluding hydrogens is 316 g/mol. The molecule has 0 radical (unpaired) electrons. The molecule has 0 bridgehead atoms. The Hall–Kier alpha value is -2.18. The van der Waals surface area contributed by atoms with Crippen LogP contribution in [0.1, 0.15) is 22.5 Å². The molecule has 2 rings (SSSR count). The van der Waals surface area contributed by atoms with Crippen LogP contribution in [0.2, 0.25) is 5.02 Å². The summed E-state index contributed by atoms with van der Waals surface area (Å²) in [6, 6.07) is 8.68. The van der Waals surface area contributed by atoms with Crippen molar-refractivity contribution in [1.29, 1.82) is 0 Å². The Morgan fingerprint density at radius 2 is 2.09 bits per heavy atom. The molecule has 0 saturated carbocycles. The lowest BCUT2D eigenvalue weighted by Gasteiger charge is -2.07. The molecule has 1 heterocycles. The van der Waals surface area contributed by atoms with Crippen LogP contribution in [0.3, 0.4) is 0 Å². The molecule has 0 aliphatic rings. The number of ether oxygens (including phenoxy) is 1. The normalized spacial score (nSPS) is 10.4. The summed E-state index contributed by atoms with van der Waals surface area (Å²) in [7, 11) is 1.66. The van der Waals surface area contributed by atoms with Gasteiger partial charge < -0.3 is 15.4 Å². The number of carbonyl (C=O) groups excluding carboxylic acids is 1. The number of benzene rings is 1.